The number of hydrogen-bond acceptors (Lipinski definition) is 12. The number of rotatable bonds is 27. The molecule has 0 radical (unpaired) electrons. The first-order chi connectivity index (χ1) is 38.0. The maximum absolute atomic E-state index is 14.6. The number of likely N-dealkylation sites (tertiary alicyclic amines) is 1. The predicted octanol–water partition coefficient (Wildman–Crippen LogP) is 1.56. The summed E-state index contributed by atoms with van der Waals surface area (Å²) in [4.78, 5) is 130. The Morgan fingerprint density at radius 1 is 0.646 bits per heavy atom. The van der Waals surface area contributed by atoms with Crippen molar-refractivity contribution in [3.8, 4) is 0 Å². The Morgan fingerprint density at radius 3 is 1.94 bits per heavy atom. The third kappa shape index (κ3) is 16.7. The van der Waals surface area contributed by atoms with Crippen LogP contribution in [0.3, 0.4) is 0 Å². The molecule has 7 rings (SSSR count). The van der Waals surface area contributed by atoms with Gasteiger partial charge >= 0.3 is 0 Å². The number of fused-ring (bicyclic) bond motifs is 1. The van der Waals surface area contributed by atoms with Crippen molar-refractivity contribution in [1.82, 2.24) is 67.0 Å². The quantitative estimate of drug-likeness (QED) is 0.0350. The minimum atomic E-state index is -1.23. The molecule has 1 aliphatic rings. The maximum atomic E-state index is 14.6. The lowest BCUT2D eigenvalue weighted by Gasteiger charge is -2.30. The zero-order valence-corrected chi connectivity index (χ0v) is 44.9. The topological polar surface area (TPSA) is 323 Å². The van der Waals surface area contributed by atoms with Crippen LogP contribution in [0.4, 0.5) is 0 Å². The van der Waals surface area contributed by atoms with Gasteiger partial charge in [0, 0.05) is 79.3 Å². The molecule has 3 aromatic carbocycles. The Bertz CT molecular complexity index is 2980. The molecular formula is C57H72N14O8. The molecular weight excluding hydrogens is 1010 g/mol. The molecule has 0 spiro atoms. The van der Waals surface area contributed by atoms with E-state index in [0.29, 0.717) is 30.7 Å². The van der Waals surface area contributed by atoms with Crippen molar-refractivity contribution in [2.75, 3.05) is 13.1 Å². The fraction of sp³-hybridized carbons (Fsp3) is 0.404. The summed E-state index contributed by atoms with van der Waals surface area (Å²) in [6, 6.07) is 18.6. The molecule has 22 nitrogen and oxygen atoms in total. The molecule has 6 aromatic rings. The Hall–Kier alpha value is -8.50. The minimum Gasteiger partial charge on any atom is -0.361 e. The van der Waals surface area contributed by atoms with Gasteiger partial charge in [-0.2, -0.15) is 0 Å². The normalized spacial score (nSPS) is 15.9. The van der Waals surface area contributed by atoms with Gasteiger partial charge in [-0.1, -0.05) is 92.7 Å². The van der Waals surface area contributed by atoms with Crippen molar-refractivity contribution in [3.05, 3.63) is 144 Å². The highest BCUT2D eigenvalue weighted by Crippen LogP contribution is 2.22. The van der Waals surface area contributed by atoms with Gasteiger partial charge in [0.2, 0.25) is 47.3 Å². The highest BCUT2D eigenvalue weighted by Gasteiger charge is 2.40. The molecule has 1 saturated heterocycles. The van der Waals surface area contributed by atoms with E-state index in [9.17, 15) is 38.4 Å². The number of nitrogens with two attached hydrogens (primary N) is 1. The lowest BCUT2D eigenvalue weighted by atomic mass is 10.0. The van der Waals surface area contributed by atoms with Crippen molar-refractivity contribution in [3.63, 3.8) is 0 Å². The lowest BCUT2D eigenvalue weighted by molar-refractivity contribution is -0.143. The van der Waals surface area contributed by atoms with E-state index in [1.165, 1.54) is 37.6 Å². The number of H-pyrrole nitrogens is 3. The van der Waals surface area contributed by atoms with Gasteiger partial charge in [0.1, 0.15) is 30.2 Å². The monoisotopic (exact) mass is 1080 g/mol. The average molecular weight is 1080 g/mol. The number of aryl methyl sites for hydroxylation is 1. The van der Waals surface area contributed by atoms with Crippen molar-refractivity contribution < 1.29 is 38.4 Å². The second kappa shape index (κ2) is 28.2. The molecule has 418 valence electrons. The van der Waals surface area contributed by atoms with Gasteiger partial charge in [0.25, 0.3) is 0 Å². The third-order valence-electron chi connectivity index (χ3n) is 13.9. The van der Waals surface area contributed by atoms with Crippen LogP contribution in [0.5, 0.6) is 0 Å². The van der Waals surface area contributed by atoms with Gasteiger partial charge in [-0.25, -0.2) is 9.97 Å². The molecule has 8 amide bonds. The summed E-state index contributed by atoms with van der Waals surface area (Å²) in [5.74, 6) is -4.95. The van der Waals surface area contributed by atoms with E-state index in [1.807, 2.05) is 91.1 Å². The van der Waals surface area contributed by atoms with Crippen LogP contribution in [0.2, 0.25) is 0 Å². The van der Waals surface area contributed by atoms with E-state index >= 15 is 0 Å². The number of nitrogens with zero attached hydrogens (tertiary/aromatic N) is 3. The number of carbonyl (C=O) groups is 8. The molecule has 79 heavy (non-hydrogen) atoms. The molecule has 1 fully saturated rings. The first-order valence-electron chi connectivity index (χ1n) is 26.7. The number of aromatic amines is 3. The van der Waals surface area contributed by atoms with Crippen LogP contribution in [0.15, 0.2) is 116 Å². The molecule has 4 heterocycles. The fourth-order valence-corrected chi connectivity index (χ4v) is 9.52. The summed E-state index contributed by atoms with van der Waals surface area (Å²) in [5, 5.41) is 21.0. The van der Waals surface area contributed by atoms with E-state index in [4.69, 9.17) is 5.73 Å². The fourth-order valence-electron chi connectivity index (χ4n) is 9.52. The van der Waals surface area contributed by atoms with Gasteiger partial charge < -0.3 is 57.5 Å². The van der Waals surface area contributed by atoms with Gasteiger partial charge in [0.15, 0.2) is 0 Å². The number of nitrogens with one attached hydrogen (secondary N) is 10. The molecule has 0 bridgehead atoms. The van der Waals surface area contributed by atoms with Crippen molar-refractivity contribution in [1.29, 1.82) is 0 Å². The summed E-state index contributed by atoms with van der Waals surface area (Å²) >= 11 is 0. The Balaban J connectivity index is 1.07. The van der Waals surface area contributed by atoms with Gasteiger partial charge in [-0.05, 0) is 74.6 Å². The van der Waals surface area contributed by atoms with Gasteiger partial charge in [-0.15, -0.1) is 0 Å². The Kier molecular flexibility index (Phi) is 20.8. The van der Waals surface area contributed by atoms with E-state index in [-0.39, 0.29) is 57.0 Å². The summed E-state index contributed by atoms with van der Waals surface area (Å²) in [6.07, 6.45) is 9.72. The standard InChI is InChI=1S/C57H72N14O8/c1-34(2)50(69-51(73)35(3)58)56(78)65-36(4)52(74)68-47(27-41-30-60-33-64-41)57(79)71-23-13-20-48(71)55(77)70-53(75)45(24-38-16-9-6-10-17-38)62-31-42(25-39-28-61-44-19-12-11-18-43(39)44)66-54(76)46(26-40-29-59-32-63-40)67-49(72)22-21-37-14-7-5-8-15-37/h5-12,14-19,28-30,32-36,42,45-48,50,61-62H,13,20-27,31,58H2,1-4H3,(H,59,63)(H,60,64)(H,65,78)(H,66,76)(H,67,72)(H,68,74)(H,69,73)(H,70,75,77)/t35-,36+,42-,45-,46-,47-,48+,50-/m0/s1. The molecule has 1 aliphatic heterocycles. The van der Waals surface area contributed by atoms with Crippen molar-refractivity contribution in [2.45, 2.75) is 127 Å². The average Bonchev–Trinajstić information content (AvgIpc) is 4.31. The zero-order chi connectivity index (χ0) is 56.4. The molecule has 12 N–H and O–H groups in total. The predicted molar refractivity (Wildman–Crippen MR) is 295 cm³/mol. The van der Waals surface area contributed by atoms with E-state index < -0.39 is 89.7 Å². The number of imidazole rings is 2. The second-order valence-corrected chi connectivity index (χ2v) is 20.4. The van der Waals surface area contributed by atoms with Crippen molar-refractivity contribution in [2.24, 2.45) is 11.7 Å². The third-order valence-corrected chi connectivity index (χ3v) is 13.9. The highest BCUT2D eigenvalue weighted by atomic mass is 16.2. The zero-order valence-electron chi connectivity index (χ0n) is 44.9. The maximum Gasteiger partial charge on any atom is 0.249 e. The molecule has 0 aliphatic carbocycles. The molecule has 0 saturated carbocycles. The van der Waals surface area contributed by atoms with Crippen LogP contribution in [-0.2, 0) is 70.5 Å². The highest BCUT2D eigenvalue weighted by molar-refractivity contribution is 6.02. The van der Waals surface area contributed by atoms with E-state index in [2.05, 4.69) is 62.1 Å². The SMILES string of the molecule is CC(C)[C@H](NC(=O)[C@H](C)N)C(=O)N[C@H](C)C(=O)N[C@@H](Cc1cnc[nH]1)C(=O)N1CCC[C@@H]1C(=O)NC(=O)[C@H](Cc1ccccc1)NC[C@H](Cc1c[nH]c2ccccc12)NC(=O)[C@H](Cc1cnc[nH]1)NC(=O)CCc1ccccc1. The number of imide groups is 1. The summed E-state index contributed by atoms with van der Waals surface area (Å²) in [7, 11) is 0. The number of carbonyl (C=O) groups excluding carboxylic acids is 8. The number of benzene rings is 3. The van der Waals surface area contributed by atoms with Crippen molar-refractivity contribution >= 4 is 58.2 Å². The molecule has 8 atom stereocenters. The molecule has 3 aromatic heterocycles. The summed E-state index contributed by atoms with van der Waals surface area (Å²) in [5.41, 5.74) is 10.4. The lowest BCUT2D eigenvalue weighted by Crippen LogP contribution is -2.60. The number of aromatic nitrogens is 5. The van der Waals surface area contributed by atoms with Crippen LogP contribution >= 0.6 is 0 Å². The van der Waals surface area contributed by atoms with E-state index in [0.717, 1.165) is 27.6 Å². The first-order valence-corrected chi connectivity index (χ1v) is 26.7. The van der Waals surface area contributed by atoms with Crippen LogP contribution in [0.25, 0.3) is 10.9 Å². The van der Waals surface area contributed by atoms with Gasteiger partial charge in [-0.3, -0.25) is 43.7 Å². The van der Waals surface area contributed by atoms with Crippen LogP contribution in [-0.4, -0.2) is 139 Å². The van der Waals surface area contributed by atoms with Crippen LogP contribution in [0, 0.1) is 5.92 Å². The largest absolute Gasteiger partial charge is 0.361 e. The van der Waals surface area contributed by atoms with Gasteiger partial charge in [0.05, 0.1) is 24.7 Å². The molecule has 22 heteroatoms. The summed E-state index contributed by atoms with van der Waals surface area (Å²) < 4.78 is 0. The first kappa shape index (κ1) is 58.2. The molecule has 0 unspecified atom stereocenters. The number of para-hydroxylation sites is 1. The summed E-state index contributed by atoms with van der Waals surface area (Å²) in [6.45, 7) is 6.59. The van der Waals surface area contributed by atoms with E-state index in [1.54, 1.807) is 20.0 Å². The number of amides is 8. The smallest absolute Gasteiger partial charge is 0.249 e. The second-order valence-electron chi connectivity index (χ2n) is 20.4. The number of hydrogen-bond donors (Lipinski definition) is 11. The van der Waals surface area contributed by atoms with Crippen LogP contribution < -0.4 is 43.0 Å². The van der Waals surface area contributed by atoms with Crippen LogP contribution in [0.1, 0.15) is 75.0 Å². The minimum absolute atomic E-state index is 0.0437. The Labute approximate surface area is 458 Å². The Morgan fingerprint density at radius 2 is 1.29 bits per heavy atom.